The van der Waals surface area contributed by atoms with Crippen molar-refractivity contribution in [2.75, 3.05) is 36.9 Å². The molecule has 9 nitrogen and oxygen atoms in total. The first-order chi connectivity index (χ1) is 22.7. The topological polar surface area (TPSA) is 102 Å². The second kappa shape index (κ2) is 9.90. The molecule has 2 bridgehead atoms. The number of nitrogens with two attached hydrogens (primary N) is 1. The van der Waals surface area contributed by atoms with Gasteiger partial charge < -0.3 is 25.4 Å². The molecule has 1 unspecified atom stereocenters. The first-order valence-electron chi connectivity index (χ1n) is 16.2. The Morgan fingerprint density at radius 2 is 1.96 bits per heavy atom. The van der Waals surface area contributed by atoms with Crippen molar-refractivity contribution in [2.24, 2.45) is 5.41 Å². The van der Waals surface area contributed by atoms with Gasteiger partial charge in [0.2, 0.25) is 0 Å². The van der Waals surface area contributed by atoms with Gasteiger partial charge in [0.1, 0.15) is 29.9 Å². The number of nitrogen functional groups attached to an aromatic ring is 1. The van der Waals surface area contributed by atoms with Gasteiger partial charge in [0.25, 0.3) is 5.92 Å². The van der Waals surface area contributed by atoms with Crippen LogP contribution in [0.4, 0.5) is 38.0 Å². The van der Waals surface area contributed by atoms with Gasteiger partial charge >= 0.3 is 12.2 Å². The number of hydrogen-bond acceptors (Lipinski definition) is 9. The number of alkyl halides is 5. The van der Waals surface area contributed by atoms with Crippen LogP contribution >= 0.6 is 11.6 Å². The Labute approximate surface area is 276 Å². The van der Waals surface area contributed by atoms with Gasteiger partial charge in [0, 0.05) is 31.6 Å². The highest BCUT2D eigenvalue weighted by Crippen LogP contribution is 2.69. The summed E-state index contributed by atoms with van der Waals surface area (Å²) in [4.78, 5) is 17.2. The highest BCUT2D eigenvalue weighted by atomic mass is 35.5. The predicted molar refractivity (Wildman–Crippen MR) is 164 cm³/mol. The van der Waals surface area contributed by atoms with Crippen LogP contribution in [-0.4, -0.2) is 81.8 Å². The van der Waals surface area contributed by atoms with Crippen molar-refractivity contribution < 1.29 is 35.8 Å². The smallest absolute Gasteiger partial charge is 0.418 e. The summed E-state index contributed by atoms with van der Waals surface area (Å²) in [7, 11) is 0. The van der Waals surface area contributed by atoms with Crippen LogP contribution in [0.1, 0.15) is 51.0 Å². The Kier molecular flexibility index (Phi) is 6.34. The molecule has 1 spiro atoms. The lowest BCUT2D eigenvalue weighted by atomic mass is 9.89. The molecule has 4 saturated heterocycles. The van der Waals surface area contributed by atoms with Gasteiger partial charge in [-0.2, -0.15) is 23.1 Å². The van der Waals surface area contributed by atoms with E-state index >= 15 is 4.39 Å². The fraction of sp³-hybridized carbons (Fsp3) is 0.594. The van der Waals surface area contributed by atoms with Crippen molar-refractivity contribution in [2.45, 2.75) is 87.3 Å². The van der Waals surface area contributed by atoms with Crippen LogP contribution in [0.15, 0.2) is 12.1 Å². The molecule has 1 aromatic carbocycles. The van der Waals surface area contributed by atoms with E-state index in [2.05, 4.69) is 20.2 Å². The first kappa shape index (κ1) is 30.7. The minimum absolute atomic E-state index is 0.00113. The molecular weight excluding hydrogens is 664 g/mol. The predicted octanol–water partition coefficient (Wildman–Crippen LogP) is 5.82. The second-order valence-corrected chi connectivity index (χ2v) is 14.8. The monoisotopic (exact) mass is 695 g/mol. The minimum atomic E-state index is -4.91. The summed E-state index contributed by atoms with van der Waals surface area (Å²) < 4.78 is 101. The second-order valence-electron chi connectivity index (χ2n) is 14.4. The number of anilines is 2. The maximum absolute atomic E-state index is 16.9. The third-order valence-corrected chi connectivity index (χ3v) is 11.9. The van der Waals surface area contributed by atoms with E-state index in [1.165, 1.54) is 0 Å². The van der Waals surface area contributed by atoms with E-state index in [4.69, 9.17) is 31.8 Å². The number of benzene rings is 1. The maximum Gasteiger partial charge on any atom is 0.418 e. The van der Waals surface area contributed by atoms with E-state index in [0.717, 1.165) is 31.4 Å². The van der Waals surface area contributed by atoms with E-state index in [0.29, 0.717) is 25.3 Å². The third kappa shape index (κ3) is 4.28. The molecule has 3 N–H and O–H groups in total. The number of piperazine rings is 1. The van der Waals surface area contributed by atoms with Crippen LogP contribution in [0.3, 0.4) is 0 Å². The number of fused-ring (bicyclic) bond motifs is 6. The van der Waals surface area contributed by atoms with Gasteiger partial charge in [-0.15, -0.1) is 0 Å². The van der Waals surface area contributed by atoms with Gasteiger partial charge in [-0.05, 0) is 57.7 Å². The molecule has 48 heavy (non-hydrogen) atoms. The molecule has 5 fully saturated rings. The number of nitrogens with one attached hydrogen (secondary N) is 1. The Morgan fingerprint density at radius 1 is 1.17 bits per heavy atom. The van der Waals surface area contributed by atoms with Gasteiger partial charge in [0.05, 0.1) is 44.2 Å². The lowest BCUT2D eigenvalue weighted by Gasteiger charge is -2.43. The molecule has 1 saturated carbocycles. The molecule has 256 valence electrons. The van der Waals surface area contributed by atoms with Gasteiger partial charge in [-0.25, -0.2) is 18.2 Å². The molecule has 3 aromatic rings. The lowest BCUT2D eigenvalue weighted by Crippen LogP contribution is -2.62. The molecule has 6 aliphatic rings. The van der Waals surface area contributed by atoms with Gasteiger partial charge in [-0.1, -0.05) is 11.6 Å². The third-order valence-electron chi connectivity index (χ3n) is 11.5. The van der Waals surface area contributed by atoms with E-state index in [1.54, 1.807) is 0 Å². The molecule has 1 aliphatic carbocycles. The largest absolute Gasteiger partial charge is 0.486 e. The quantitative estimate of drug-likeness (QED) is 0.327. The molecule has 9 rings (SSSR count). The van der Waals surface area contributed by atoms with E-state index in [-0.39, 0.29) is 72.6 Å². The number of aromatic nitrogens is 3. The lowest BCUT2D eigenvalue weighted by molar-refractivity contribution is -0.137. The Balaban J connectivity index is 1.22. The molecule has 0 radical (unpaired) electrons. The number of ether oxygens (including phenoxy) is 2. The highest BCUT2D eigenvalue weighted by molar-refractivity contribution is 6.36. The minimum Gasteiger partial charge on any atom is -0.486 e. The van der Waals surface area contributed by atoms with Crippen molar-refractivity contribution in [3.63, 3.8) is 0 Å². The number of rotatable bonds is 4. The van der Waals surface area contributed by atoms with Crippen molar-refractivity contribution in [1.82, 2.24) is 25.2 Å². The van der Waals surface area contributed by atoms with Crippen LogP contribution in [0, 0.1) is 11.2 Å². The zero-order chi connectivity index (χ0) is 33.5. The molecule has 16 heteroatoms. The standard InChI is InChI=1S/C32H32ClF6N7O2/c1-14-25-17-5-3-15(41-17)9-46(25)27-20-24(22(34)19(21(33)26(20)48-14)23-16(32(37,38)39)4-6-18(40)42-23)43-28(44-27)47-13-30-7-2-8-45(30)12-29(10-30)11-31(29,35)36/h4,6,14-15,17,25,41H,2-3,5,7-13H2,1H3,(H2,40,42)/t14-,15+,17-,25+,29?,30-/m0/s1. The molecule has 7 heterocycles. The average molecular weight is 696 g/mol. The van der Waals surface area contributed by atoms with E-state index in [1.807, 2.05) is 11.8 Å². The fourth-order valence-electron chi connectivity index (χ4n) is 9.27. The molecule has 5 aliphatic heterocycles. The summed E-state index contributed by atoms with van der Waals surface area (Å²) in [5.41, 5.74) is 1.05. The zero-order valence-electron chi connectivity index (χ0n) is 25.8. The average Bonchev–Trinajstić information content (AvgIpc) is 3.33. The summed E-state index contributed by atoms with van der Waals surface area (Å²) in [5.74, 6) is -3.93. The fourth-order valence-corrected chi connectivity index (χ4v) is 9.58. The van der Waals surface area contributed by atoms with E-state index in [9.17, 15) is 22.0 Å². The Hall–Kier alpha value is -3.30. The first-order valence-corrected chi connectivity index (χ1v) is 16.6. The van der Waals surface area contributed by atoms with Gasteiger partial charge in [-0.3, -0.25) is 4.90 Å². The summed E-state index contributed by atoms with van der Waals surface area (Å²) in [6.07, 6.45) is -2.11. The van der Waals surface area contributed by atoms with Crippen molar-refractivity contribution in [3.8, 4) is 23.0 Å². The zero-order valence-corrected chi connectivity index (χ0v) is 26.6. The summed E-state index contributed by atoms with van der Waals surface area (Å²) in [6.45, 7) is 3.29. The van der Waals surface area contributed by atoms with Crippen molar-refractivity contribution in [1.29, 1.82) is 0 Å². The highest BCUT2D eigenvalue weighted by Gasteiger charge is 2.77. The molecule has 0 amide bonds. The number of pyridine rings is 1. The van der Waals surface area contributed by atoms with Crippen LogP contribution < -0.4 is 25.4 Å². The Morgan fingerprint density at radius 3 is 2.71 bits per heavy atom. The van der Waals surface area contributed by atoms with Crippen LogP contribution in [-0.2, 0) is 6.18 Å². The molecule has 2 aromatic heterocycles. The van der Waals surface area contributed by atoms with Crippen molar-refractivity contribution in [3.05, 3.63) is 28.5 Å². The number of nitrogens with zero attached hydrogens (tertiary/aromatic N) is 5. The Bertz CT molecular complexity index is 1880. The normalized spacial score (nSPS) is 33.1. The van der Waals surface area contributed by atoms with E-state index < -0.39 is 56.8 Å². The number of hydrogen-bond donors (Lipinski definition) is 2. The van der Waals surface area contributed by atoms with Crippen LogP contribution in [0.2, 0.25) is 5.02 Å². The van der Waals surface area contributed by atoms with Crippen molar-refractivity contribution >= 4 is 34.1 Å². The van der Waals surface area contributed by atoms with Gasteiger partial charge in [0.15, 0.2) is 11.6 Å². The summed E-state index contributed by atoms with van der Waals surface area (Å²) in [5, 5.41) is 3.31. The molecule has 6 atom stereocenters. The van der Waals surface area contributed by atoms with Crippen LogP contribution in [0.25, 0.3) is 22.2 Å². The van der Waals surface area contributed by atoms with Crippen LogP contribution in [0.5, 0.6) is 11.8 Å². The summed E-state index contributed by atoms with van der Waals surface area (Å²) >= 11 is 6.82. The maximum atomic E-state index is 16.9. The molecular formula is C32H32ClF6N7O2. The summed E-state index contributed by atoms with van der Waals surface area (Å²) in [6, 6.07) is 1.34. The SMILES string of the molecule is C[C@@H]1Oc2c(Cl)c(-c3nc(N)ccc3C(F)(F)F)c(F)c3nc(OC[C@@]45CCCN4CC4(CC4(F)F)C5)nc(c23)N2C[C@H]3CC[C@H](N3)[C@@H]12. The number of halogens is 7.